The second-order valence-electron chi connectivity index (χ2n) is 4.79. The molecule has 0 saturated carbocycles. The molecule has 0 aliphatic rings. The number of aromatic nitrogens is 1. The fourth-order valence-electron chi connectivity index (χ4n) is 2.13. The van der Waals surface area contributed by atoms with Gasteiger partial charge in [-0.1, -0.05) is 39.0 Å². The van der Waals surface area contributed by atoms with Gasteiger partial charge in [0, 0.05) is 0 Å². The van der Waals surface area contributed by atoms with Crippen molar-refractivity contribution in [2.75, 3.05) is 0 Å². The van der Waals surface area contributed by atoms with Gasteiger partial charge in [-0.05, 0) is 30.5 Å². The zero-order valence-corrected chi connectivity index (χ0v) is 11.4. The molecule has 1 heterocycles. The van der Waals surface area contributed by atoms with Crippen LogP contribution in [0.2, 0.25) is 0 Å². The number of hydrogen-bond donors (Lipinski definition) is 2. The number of aliphatic hydroxyl groups is 2. The van der Waals surface area contributed by atoms with Crippen LogP contribution in [0, 0.1) is 0 Å². The highest BCUT2D eigenvalue weighted by atomic mass is 16.3. The Morgan fingerprint density at radius 3 is 2.00 bits per heavy atom. The molecular formula is C15H25NO2. The van der Waals surface area contributed by atoms with Gasteiger partial charge in [-0.15, -0.1) is 0 Å². The van der Waals surface area contributed by atoms with Crippen molar-refractivity contribution in [2.45, 2.75) is 65.1 Å². The molecule has 18 heavy (non-hydrogen) atoms. The van der Waals surface area contributed by atoms with Gasteiger partial charge >= 0.3 is 0 Å². The molecule has 0 atom stereocenters. The van der Waals surface area contributed by atoms with Crippen LogP contribution in [-0.4, -0.2) is 15.2 Å². The van der Waals surface area contributed by atoms with Gasteiger partial charge in [0.2, 0.25) is 0 Å². The third-order valence-electron chi connectivity index (χ3n) is 3.13. The quantitative estimate of drug-likeness (QED) is 0.663. The average Bonchev–Trinajstić information content (AvgIpc) is 2.42. The zero-order valence-electron chi connectivity index (χ0n) is 11.4. The van der Waals surface area contributed by atoms with Crippen LogP contribution in [-0.2, 0) is 19.6 Å². The first-order chi connectivity index (χ1) is 8.80. The van der Waals surface area contributed by atoms with Crippen LogP contribution in [0.25, 0.3) is 0 Å². The molecular weight excluding hydrogens is 226 g/mol. The molecule has 0 aromatic carbocycles. The summed E-state index contributed by atoms with van der Waals surface area (Å²) < 4.78 is 0. The SMILES string of the molecule is CCCCCCCCc1cc(CO)nc(CO)c1. The highest BCUT2D eigenvalue weighted by Crippen LogP contribution is 2.12. The van der Waals surface area contributed by atoms with E-state index in [2.05, 4.69) is 11.9 Å². The van der Waals surface area contributed by atoms with Crippen LogP contribution in [0.15, 0.2) is 12.1 Å². The first kappa shape index (κ1) is 15.1. The van der Waals surface area contributed by atoms with Gasteiger partial charge in [0.15, 0.2) is 0 Å². The highest BCUT2D eigenvalue weighted by molar-refractivity contribution is 5.21. The minimum absolute atomic E-state index is 0.0582. The molecule has 1 aromatic heterocycles. The summed E-state index contributed by atoms with van der Waals surface area (Å²) in [6.45, 7) is 2.11. The van der Waals surface area contributed by atoms with E-state index in [1.54, 1.807) is 0 Å². The first-order valence-electron chi connectivity index (χ1n) is 7.00. The molecule has 0 fully saturated rings. The van der Waals surface area contributed by atoms with Crippen molar-refractivity contribution >= 4 is 0 Å². The van der Waals surface area contributed by atoms with Gasteiger partial charge in [-0.3, -0.25) is 4.98 Å². The summed E-state index contributed by atoms with van der Waals surface area (Å²) in [7, 11) is 0. The summed E-state index contributed by atoms with van der Waals surface area (Å²) in [6, 6.07) is 3.87. The summed E-state index contributed by atoms with van der Waals surface area (Å²) >= 11 is 0. The van der Waals surface area contributed by atoms with E-state index in [-0.39, 0.29) is 13.2 Å². The van der Waals surface area contributed by atoms with E-state index in [0.717, 1.165) is 6.42 Å². The molecule has 0 aliphatic heterocycles. The molecule has 3 heteroatoms. The highest BCUT2D eigenvalue weighted by Gasteiger charge is 2.02. The van der Waals surface area contributed by atoms with E-state index >= 15 is 0 Å². The fraction of sp³-hybridized carbons (Fsp3) is 0.667. The maximum atomic E-state index is 9.11. The number of nitrogens with zero attached hydrogens (tertiary/aromatic N) is 1. The van der Waals surface area contributed by atoms with E-state index in [9.17, 15) is 0 Å². The average molecular weight is 251 g/mol. The maximum absolute atomic E-state index is 9.11. The third kappa shape index (κ3) is 5.61. The standard InChI is InChI=1S/C15H25NO2/c1-2-3-4-5-6-7-8-13-9-14(11-17)16-15(10-13)12-18/h9-10,17-18H,2-8,11-12H2,1H3. The topological polar surface area (TPSA) is 53.4 Å². The molecule has 0 amide bonds. The van der Waals surface area contributed by atoms with Gasteiger partial charge in [-0.2, -0.15) is 0 Å². The Labute approximate surface area is 110 Å². The predicted octanol–water partition coefficient (Wildman–Crippen LogP) is 2.97. The van der Waals surface area contributed by atoms with Crippen molar-refractivity contribution in [3.63, 3.8) is 0 Å². The molecule has 0 unspecified atom stereocenters. The second kappa shape index (κ2) is 9.06. The Balaban J connectivity index is 2.36. The summed E-state index contributed by atoms with van der Waals surface area (Å²) in [4.78, 5) is 4.14. The van der Waals surface area contributed by atoms with Crippen LogP contribution in [0.5, 0.6) is 0 Å². The lowest BCUT2D eigenvalue weighted by atomic mass is 10.0. The van der Waals surface area contributed by atoms with Crippen molar-refractivity contribution in [2.24, 2.45) is 0 Å². The molecule has 1 aromatic rings. The summed E-state index contributed by atoms with van der Waals surface area (Å²) in [5, 5.41) is 18.2. The van der Waals surface area contributed by atoms with Gasteiger partial charge in [0.1, 0.15) is 0 Å². The van der Waals surface area contributed by atoms with E-state index in [4.69, 9.17) is 10.2 Å². The monoisotopic (exact) mass is 251 g/mol. The maximum Gasteiger partial charge on any atom is 0.0853 e. The largest absolute Gasteiger partial charge is 0.390 e. The van der Waals surface area contributed by atoms with Crippen LogP contribution in [0.4, 0.5) is 0 Å². The number of aliphatic hydroxyl groups excluding tert-OH is 2. The summed E-state index contributed by atoms with van der Waals surface area (Å²) in [5.41, 5.74) is 2.48. The normalized spacial score (nSPS) is 10.8. The predicted molar refractivity (Wildman–Crippen MR) is 73.2 cm³/mol. The number of aryl methyl sites for hydroxylation is 1. The molecule has 0 bridgehead atoms. The van der Waals surface area contributed by atoms with Crippen LogP contribution in [0.3, 0.4) is 0 Å². The van der Waals surface area contributed by atoms with E-state index < -0.39 is 0 Å². The molecule has 0 aliphatic carbocycles. The number of pyridine rings is 1. The number of unbranched alkanes of at least 4 members (excludes halogenated alkanes) is 5. The Hall–Kier alpha value is -0.930. The van der Waals surface area contributed by atoms with Crippen molar-refractivity contribution in [3.05, 3.63) is 29.1 Å². The van der Waals surface area contributed by atoms with Crippen molar-refractivity contribution in [1.82, 2.24) is 4.98 Å². The van der Waals surface area contributed by atoms with Crippen molar-refractivity contribution in [1.29, 1.82) is 0 Å². The Morgan fingerprint density at radius 1 is 0.889 bits per heavy atom. The van der Waals surface area contributed by atoms with Gasteiger partial charge in [0.05, 0.1) is 24.6 Å². The van der Waals surface area contributed by atoms with E-state index in [0.29, 0.717) is 11.4 Å². The minimum atomic E-state index is -0.0582. The molecule has 102 valence electrons. The van der Waals surface area contributed by atoms with Crippen molar-refractivity contribution < 1.29 is 10.2 Å². The molecule has 0 radical (unpaired) electrons. The van der Waals surface area contributed by atoms with E-state index in [1.807, 2.05) is 12.1 Å². The summed E-state index contributed by atoms with van der Waals surface area (Å²) in [6.07, 6.45) is 8.68. The van der Waals surface area contributed by atoms with Crippen LogP contribution in [0.1, 0.15) is 62.4 Å². The van der Waals surface area contributed by atoms with Crippen LogP contribution < -0.4 is 0 Å². The first-order valence-corrected chi connectivity index (χ1v) is 7.00. The Bertz CT molecular complexity index is 317. The second-order valence-corrected chi connectivity index (χ2v) is 4.79. The zero-order chi connectivity index (χ0) is 13.2. The molecule has 3 nitrogen and oxygen atoms in total. The lowest BCUT2D eigenvalue weighted by Crippen LogP contribution is -1.99. The van der Waals surface area contributed by atoms with Gasteiger partial charge in [-0.25, -0.2) is 0 Å². The molecule has 0 saturated heterocycles. The summed E-state index contributed by atoms with van der Waals surface area (Å²) in [5.74, 6) is 0. The number of rotatable bonds is 9. The van der Waals surface area contributed by atoms with Gasteiger partial charge < -0.3 is 10.2 Å². The van der Waals surface area contributed by atoms with E-state index in [1.165, 1.54) is 44.1 Å². The molecule has 2 N–H and O–H groups in total. The minimum Gasteiger partial charge on any atom is -0.390 e. The Morgan fingerprint density at radius 2 is 1.44 bits per heavy atom. The lowest BCUT2D eigenvalue weighted by Gasteiger charge is -2.06. The molecule has 0 spiro atoms. The van der Waals surface area contributed by atoms with Gasteiger partial charge in [0.25, 0.3) is 0 Å². The van der Waals surface area contributed by atoms with Crippen LogP contribution >= 0.6 is 0 Å². The lowest BCUT2D eigenvalue weighted by molar-refractivity contribution is 0.265. The Kier molecular flexibility index (Phi) is 7.62. The fourth-order valence-corrected chi connectivity index (χ4v) is 2.13. The third-order valence-corrected chi connectivity index (χ3v) is 3.13. The number of hydrogen-bond acceptors (Lipinski definition) is 3. The molecule has 1 rings (SSSR count). The smallest absolute Gasteiger partial charge is 0.0853 e. The van der Waals surface area contributed by atoms with Crippen molar-refractivity contribution in [3.8, 4) is 0 Å².